The molecule has 19 heavy (non-hydrogen) atoms. The van der Waals surface area contributed by atoms with E-state index in [1.54, 1.807) is 0 Å². The molecule has 0 radical (unpaired) electrons. The van der Waals surface area contributed by atoms with E-state index in [-0.39, 0.29) is 31.6 Å². The molecule has 0 bridgehead atoms. The van der Waals surface area contributed by atoms with Crippen molar-refractivity contribution in [2.24, 2.45) is 5.73 Å². The summed E-state index contributed by atoms with van der Waals surface area (Å²) >= 11 is 0. The third-order valence-corrected chi connectivity index (χ3v) is 2.88. The van der Waals surface area contributed by atoms with Gasteiger partial charge in [-0.25, -0.2) is 4.79 Å². The lowest BCUT2D eigenvalue weighted by Gasteiger charge is -2.13. The number of carbonyl (C=O) groups excluding carboxylic acids is 2. The second-order valence-electron chi connectivity index (χ2n) is 4.24. The van der Waals surface area contributed by atoms with Crippen LogP contribution in [0.4, 0.5) is 4.79 Å². The number of benzene rings is 1. The van der Waals surface area contributed by atoms with E-state index >= 15 is 0 Å². The maximum Gasteiger partial charge on any atom is 0.324 e. The molecule has 0 saturated carbocycles. The Bertz CT molecular complexity index is 443. The average Bonchev–Trinajstić information content (AvgIpc) is 2.73. The number of hydrogen-bond donors (Lipinski definition) is 2. The van der Waals surface area contributed by atoms with E-state index in [9.17, 15) is 9.59 Å². The minimum Gasteiger partial charge on any atom is -0.492 e. The van der Waals surface area contributed by atoms with Crippen molar-refractivity contribution in [1.29, 1.82) is 0 Å². The van der Waals surface area contributed by atoms with Gasteiger partial charge in [-0.15, -0.1) is 0 Å². The fraction of sp³-hybridized carbons (Fsp3) is 0.385. The molecule has 0 unspecified atom stereocenters. The summed E-state index contributed by atoms with van der Waals surface area (Å²) in [6.45, 7) is 1.24. The van der Waals surface area contributed by atoms with E-state index in [0.717, 1.165) is 16.9 Å². The Morgan fingerprint density at radius 2 is 2.00 bits per heavy atom. The summed E-state index contributed by atoms with van der Waals surface area (Å²) < 4.78 is 5.49. The fourth-order valence-electron chi connectivity index (χ4n) is 1.86. The summed E-state index contributed by atoms with van der Waals surface area (Å²) in [6.07, 6.45) is 0.836. The van der Waals surface area contributed by atoms with Crippen LogP contribution < -0.4 is 15.8 Å². The van der Waals surface area contributed by atoms with E-state index in [0.29, 0.717) is 12.3 Å². The standard InChI is InChI=1S/C13H17N3O3/c14-6-5-10-1-3-11(4-2-10)19-8-7-16-12(17)9-15-13(16)18/h1-4H,5-9,14H2,(H,15,18). The van der Waals surface area contributed by atoms with Crippen molar-refractivity contribution in [3.63, 3.8) is 0 Å². The Labute approximate surface area is 111 Å². The van der Waals surface area contributed by atoms with Gasteiger partial charge in [-0.05, 0) is 30.7 Å². The van der Waals surface area contributed by atoms with Crippen LogP contribution in [0.3, 0.4) is 0 Å². The molecule has 1 saturated heterocycles. The van der Waals surface area contributed by atoms with Gasteiger partial charge in [-0.1, -0.05) is 12.1 Å². The predicted octanol–water partition coefficient (Wildman–Crippen LogP) is 0.118. The zero-order valence-corrected chi connectivity index (χ0v) is 10.6. The molecule has 102 valence electrons. The van der Waals surface area contributed by atoms with Crippen molar-refractivity contribution in [3.05, 3.63) is 29.8 Å². The van der Waals surface area contributed by atoms with Crippen LogP contribution in [0.2, 0.25) is 0 Å². The summed E-state index contributed by atoms with van der Waals surface area (Å²) in [5.41, 5.74) is 6.62. The van der Waals surface area contributed by atoms with Crippen LogP contribution in [-0.2, 0) is 11.2 Å². The van der Waals surface area contributed by atoms with Gasteiger partial charge in [0.1, 0.15) is 12.4 Å². The zero-order chi connectivity index (χ0) is 13.7. The summed E-state index contributed by atoms with van der Waals surface area (Å²) in [6, 6.07) is 7.27. The number of imide groups is 1. The number of hydrogen-bond acceptors (Lipinski definition) is 4. The van der Waals surface area contributed by atoms with Crippen LogP contribution in [0.15, 0.2) is 24.3 Å². The molecule has 0 aliphatic carbocycles. The first kappa shape index (κ1) is 13.4. The van der Waals surface area contributed by atoms with E-state index in [1.807, 2.05) is 24.3 Å². The van der Waals surface area contributed by atoms with E-state index < -0.39 is 0 Å². The molecule has 1 aromatic rings. The third kappa shape index (κ3) is 3.45. The average molecular weight is 263 g/mol. The third-order valence-electron chi connectivity index (χ3n) is 2.88. The summed E-state index contributed by atoms with van der Waals surface area (Å²) in [4.78, 5) is 23.7. The van der Waals surface area contributed by atoms with Crippen molar-refractivity contribution in [2.45, 2.75) is 6.42 Å². The second kappa shape index (κ2) is 6.19. The zero-order valence-electron chi connectivity index (χ0n) is 10.6. The van der Waals surface area contributed by atoms with Gasteiger partial charge in [0.25, 0.3) is 0 Å². The lowest BCUT2D eigenvalue weighted by atomic mass is 10.1. The van der Waals surface area contributed by atoms with Gasteiger partial charge in [0.2, 0.25) is 5.91 Å². The minimum atomic E-state index is -0.355. The lowest BCUT2D eigenvalue weighted by molar-refractivity contribution is -0.125. The smallest absolute Gasteiger partial charge is 0.324 e. The Morgan fingerprint density at radius 1 is 1.26 bits per heavy atom. The van der Waals surface area contributed by atoms with Crippen molar-refractivity contribution < 1.29 is 14.3 Å². The number of nitrogens with zero attached hydrogens (tertiary/aromatic N) is 1. The normalized spacial score (nSPS) is 14.7. The molecule has 0 atom stereocenters. The van der Waals surface area contributed by atoms with Crippen LogP contribution >= 0.6 is 0 Å². The van der Waals surface area contributed by atoms with Crippen LogP contribution in [0.25, 0.3) is 0 Å². The molecule has 1 aromatic carbocycles. The number of ether oxygens (including phenoxy) is 1. The maximum absolute atomic E-state index is 11.3. The highest BCUT2D eigenvalue weighted by atomic mass is 16.5. The van der Waals surface area contributed by atoms with Gasteiger partial charge in [0.15, 0.2) is 0 Å². The van der Waals surface area contributed by atoms with E-state index in [1.165, 1.54) is 0 Å². The second-order valence-corrected chi connectivity index (χ2v) is 4.24. The quantitative estimate of drug-likeness (QED) is 0.714. The maximum atomic E-state index is 11.3. The number of carbonyl (C=O) groups is 2. The number of urea groups is 1. The highest BCUT2D eigenvalue weighted by molar-refractivity contribution is 6.01. The van der Waals surface area contributed by atoms with Crippen LogP contribution in [0.1, 0.15) is 5.56 Å². The predicted molar refractivity (Wildman–Crippen MR) is 69.8 cm³/mol. The molecular weight excluding hydrogens is 246 g/mol. The molecule has 0 spiro atoms. The molecule has 0 aromatic heterocycles. The van der Waals surface area contributed by atoms with Crippen LogP contribution in [0.5, 0.6) is 5.75 Å². The first-order chi connectivity index (χ1) is 9.20. The SMILES string of the molecule is NCCc1ccc(OCCN2C(=O)CNC2=O)cc1. The van der Waals surface area contributed by atoms with Crippen LogP contribution in [-0.4, -0.2) is 43.1 Å². The highest BCUT2D eigenvalue weighted by Crippen LogP contribution is 2.12. The molecule has 3 N–H and O–H groups in total. The van der Waals surface area contributed by atoms with Gasteiger partial charge in [-0.3, -0.25) is 9.69 Å². The van der Waals surface area contributed by atoms with Crippen molar-refractivity contribution >= 4 is 11.9 Å². The highest BCUT2D eigenvalue weighted by Gasteiger charge is 2.27. The fourth-order valence-corrected chi connectivity index (χ4v) is 1.86. The number of rotatable bonds is 6. The monoisotopic (exact) mass is 263 g/mol. The number of nitrogens with one attached hydrogen (secondary N) is 1. The van der Waals surface area contributed by atoms with Gasteiger partial charge >= 0.3 is 6.03 Å². The van der Waals surface area contributed by atoms with Gasteiger partial charge < -0.3 is 15.8 Å². The largest absolute Gasteiger partial charge is 0.492 e. The Kier molecular flexibility index (Phi) is 4.35. The molecule has 1 aliphatic heterocycles. The summed E-state index contributed by atoms with van der Waals surface area (Å²) in [7, 11) is 0. The number of amides is 3. The van der Waals surface area contributed by atoms with Gasteiger partial charge in [-0.2, -0.15) is 0 Å². The van der Waals surface area contributed by atoms with Gasteiger partial charge in [0, 0.05) is 0 Å². The lowest BCUT2D eigenvalue weighted by Crippen LogP contribution is -2.34. The molecule has 3 amide bonds. The minimum absolute atomic E-state index is 0.0760. The number of nitrogens with two attached hydrogens (primary N) is 1. The first-order valence-electron chi connectivity index (χ1n) is 6.20. The topological polar surface area (TPSA) is 84.7 Å². The van der Waals surface area contributed by atoms with Crippen molar-refractivity contribution in [2.75, 3.05) is 26.2 Å². The first-order valence-corrected chi connectivity index (χ1v) is 6.20. The molecule has 2 rings (SSSR count). The Hall–Kier alpha value is -2.08. The molecular formula is C13H17N3O3. The van der Waals surface area contributed by atoms with Crippen molar-refractivity contribution in [3.8, 4) is 5.75 Å². The summed E-state index contributed by atoms with van der Waals surface area (Å²) in [5, 5.41) is 2.46. The molecule has 6 heteroatoms. The Morgan fingerprint density at radius 3 is 2.58 bits per heavy atom. The summed E-state index contributed by atoms with van der Waals surface area (Å²) in [5.74, 6) is 0.500. The molecule has 1 aliphatic rings. The molecule has 6 nitrogen and oxygen atoms in total. The van der Waals surface area contributed by atoms with Crippen LogP contribution in [0, 0.1) is 0 Å². The Balaban J connectivity index is 1.79. The molecule has 1 heterocycles. The van der Waals surface area contributed by atoms with E-state index in [2.05, 4.69) is 5.32 Å². The molecule has 1 fully saturated rings. The van der Waals surface area contributed by atoms with E-state index in [4.69, 9.17) is 10.5 Å². The van der Waals surface area contributed by atoms with Crippen molar-refractivity contribution in [1.82, 2.24) is 10.2 Å². The van der Waals surface area contributed by atoms with Gasteiger partial charge in [0.05, 0.1) is 13.1 Å².